The van der Waals surface area contributed by atoms with Gasteiger partial charge in [-0.25, -0.2) is 14.8 Å². The number of carbonyl (C=O) groups is 1. The van der Waals surface area contributed by atoms with Crippen LogP contribution in [-0.2, 0) is 0 Å². The van der Waals surface area contributed by atoms with E-state index in [-0.39, 0.29) is 5.69 Å². The number of aromatic nitrogens is 3. The number of anilines is 1. The Kier molecular flexibility index (Phi) is 4.27. The Morgan fingerprint density at radius 2 is 1.73 bits per heavy atom. The van der Waals surface area contributed by atoms with E-state index in [1.807, 2.05) is 0 Å². The van der Waals surface area contributed by atoms with Gasteiger partial charge in [-0.15, -0.1) is 0 Å². The first-order chi connectivity index (χ1) is 10.7. The fraction of sp³-hybridized carbons (Fsp3) is 0.375. The number of hydrogen-bond acceptors (Lipinski definition) is 5. The molecule has 0 radical (unpaired) electrons. The maximum atomic E-state index is 11.4. The number of pyridine rings is 1. The highest BCUT2D eigenvalue weighted by atomic mass is 16.4. The average molecular weight is 298 g/mol. The molecule has 0 aliphatic carbocycles. The van der Waals surface area contributed by atoms with Crippen molar-refractivity contribution >= 4 is 11.8 Å². The summed E-state index contributed by atoms with van der Waals surface area (Å²) in [7, 11) is 0. The molecule has 1 aliphatic heterocycles. The summed E-state index contributed by atoms with van der Waals surface area (Å²) in [4.78, 5) is 26.2. The molecule has 0 aromatic carbocycles. The van der Waals surface area contributed by atoms with E-state index in [4.69, 9.17) is 0 Å². The molecular formula is C16H18N4O2. The van der Waals surface area contributed by atoms with Crippen LogP contribution in [0.5, 0.6) is 0 Å². The zero-order valence-corrected chi connectivity index (χ0v) is 12.3. The average Bonchev–Trinajstić information content (AvgIpc) is 2.84. The van der Waals surface area contributed by atoms with Crippen LogP contribution in [0.4, 0.5) is 5.82 Å². The van der Waals surface area contributed by atoms with Crippen LogP contribution in [0.3, 0.4) is 0 Å². The van der Waals surface area contributed by atoms with E-state index < -0.39 is 5.97 Å². The molecule has 1 saturated heterocycles. The lowest BCUT2D eigenvalue weighted by Crippen LogP contribution is -2.25. The lowest BCUT2D eigenvalue weighted by atomic mass is 10.2. The van der Waals surface area contributed by atoms with Gasteiger partial charge >= 0.3 is 5.97 Å². The lowest BCUT2D eigenvalue weighted by molar-refractivity contribution is 0.0690. The molecule has 2 aromatic rings. The van der Waals surface area contributed by atoms with E-state index in [1.54, 1.807) is 30.6 Å². The molecule has 3 heterocycles. The molecule has 1 aliphatic rings. The minimum Gasteiger partial charge on any atom is -0.477 e. The number of nitrogens with zero attached hydrogens (tertiary/aromatic N) is 4. The molecule has 1 fully saturated rings. The van der Waals surface area contributed by atoms with Gasteiger partial charge in [0.15, 0.2) is 11.5 Å². The summed E-state index contributed by atoms with van der Waals surface area (Å²) in [5, 5.41) is 9.31. The maximum Gasteiger partial charge on any atom is 0.354 e. The molecule has 22 heavy (non-hydrogen) atoms. The molecule has 6 nitrogen and oxygen atoms in total. The summed E-state index contributed by atoms with van der Waals surface area (Å²) in [5.41, 5.74) is 0.801. The molecule has 3 rings (SSSR count). The van der Waals surface area contributed by atoms with Crippen LogP contribution < -0.4 is 4.90 Å². The normalized spacial score (nSPS) is 15.4. The van der Waals surface area contributed by atoms with Gasteiger partial charge in [-0.1, -0.05) is 12.8 Å². The first kappa shape index (κ1) is 14.4. The Bertz CT molecular complexity index is 652. The Morgan fingerprint density at radius 1 is 1.05 bits per heavy atom. The van der Waals surface area contributed by atoms with Crippen molar-refractivity contribution in [1.29, 1.82) is 0 Å². The lowest BCUT2D eigenvalue weighted by Gasteiger charge is -2.22. The summed E-state index contributed by atoms with van der Waals surface area (Å²) < 4.78 is 0. The van der Waals surface area contributed by atoms with Crippen molar-refractivity contribution in [3.63, 3.8) is 0 Å². The van der Waals surface area contributed by atoms with E-state index in [1.165, 1.54) is 12.8 Å². The second-order valence-corrected chi connectivity index (χ2v) is 5.38. The number of rotatable bonds is 3. The van der Waals surface area contributed by atoms with Gasteiger partial charge in [-0.3, -0.25) is 4.98 Å². The van der Waals surface area contributed by atoms with Crippen LogP contribution >= 0.6 is 0 Å². The van der Waals surface area contributed by atoms with Gasteiger partial charge < -0.3 is 10.0 Å². The summed E-state index contributed by atoms with van der Waals surface area (Å²) in [6.45, 7) is 1.82. The van der Waals surface area contributed by atoms with Gasteiger partial charge in [0.1, 0.15) is 5.82 Å². The van der Waals surface area contributed by atoms with Crippen LogP contribution in [0.15, 0.2) is 30.6 Å². The van der Waals surface area contributed by atoms with Crippen molar-refractivity contribution < 1.29 is 9.90 Å². The van der Waals surface area contributed by atoms with E-state index in [0.717, 1.165) is 31.5 Å². The number of carboxylic acids is 1. The van der Waals surface area contributed by atoms with Gasteiger partial charge in [0.2, 0.25) is 0 Å². The van der Waals surface area contributed by atoms with Crippen molar-refractivity contribution in [3.8, 4) is 11.4 Å². The van der Waals surface area contributed by atoms with Gasteiger partial charge in [-0.05, 0) is 25.0 Å². The van der Waals surface area contributed by atoms with Crippen molar-refractivity contribution in [3.05, 3.63) is 36.3 Å². The van der Waals surface area contributed by atoms with Crippen LogP contribution in [-0.4, -0.2) is 39.1 Å². The maximum absolute atomic E-state index is 11.4. The van der Waals surface area contributed by atoms with Crippen LogP contribution in [0, 0.1) is 0 Å². The Hall–Kier alpha value is -2.50. The molecule has 0 spiro atoms. The number of carboxylic acid groups (broad SMARTS) is 1. The molecule has 2 aromatic heterocycles. The van der Waals surface area contributed by atoms with Gasteiger partial charge in [-0.2, -0.15) is 0 Å². The third-order valence-electron chi connectivity index (χ3n) is 3.80. The zero-order valence-electron chi connectivity index (χ0n) is 12.3. The fourth-order valence-corrected chi connectivity index (χ4v) is 2.64. The highest BCUT2D eigenvalue weighted by Crippen LogP contribution is 2.22. The van der Waals surface area contributed by atoms with Gasteiger partial charge in [0, 0.05) is 37.1 Å². The summed E-state index contributed by atoms with van der Waals surface area (Å²) in [6.07, 6.45) is 7.94. The Morgan fingerprint density at radius 3 is 2.36 bits per heavy atom. The van der Waals surface area contributed by atoms with E-state index in [0.29, 0.717) is 11.6 Å². The monoisotopic (exact) mass is 298 g/mol. The van der Waals surface area contributed by atoms with Crippen molar-refractivity contribution in [2.24, 2.45) is 0 Å². The minimum atomic E-state index is -1.03. The van der Waals surface area contributed by atoms with Crippen LogP contribution in [0.1, 0.15) is 36.2 Å². The predicted octanol–water partition coefficient (Wildman–Crippen LogP) is 2.62. The first-order valence-corrected chi connectivity index (χ1v) is 7.52. The van der Waals surface area contributed by atoms with E-state index >= 15 is 0 Å². The Balaban J connectivity index is 2.02. The summed E-state index contributed by atoms with van der Waals surface area (Å²) >= 11 is 0. The molecule has 1 N–H and O–H groups in total. The molecule has 114 valence electrons. The Labute approximate surface area is 128 Å². The third-order valence-corrected chi connectivity index (χ3v) is 3.80. The smallest absolute Gasteiger partial charge is 0.354 e. The van der Waals surface area contributed by atoms with Crippen molar-refractivity contribution in [1.82, 2.24) is 15.0 Å². The molecule has 0 saturated carbocycles. The van der Waals surface area contributed by atoms with Crippen molar-refractivity contribution in [2.75, 3.05) is 18.0 Å². The van der Waals surface area contributed by atoms with Gasteiger partial charge in [0.25, 0.3) is 0 Å². The summed E-state index contributed by atoms with van der Waals surface area (Å²) in [5.74, 6) is 0.0939. The van der Waals surface area contributed by atoms with Crippen LogP contribution in [0.2, 0.25) is 0 Å². The highest BCUT2D eigenvalue weighted by Gasteiger charge is 2.17. The quantitative estimate of drug-likeness (QED) is 0.938. The minimum absolute atomic E-state index is 0.0288. The molecule has 0 unspecified atom stereocenters. The standard InChI is InChI=1S/C16H18N4O2/c21-16(22)13-11-14(20-9-3-1-2-4-10-20)19-15(18-13)12-5-7-17-8-6-12/h5-8,11H,1-4,9-10H2,(H,21,22). The predicted molar refractivity (Wildman–Crippen MR) is 82.9 cm³/mol. The topological polar surface area (TPSA) is 79.2 Å². The van der Waals surface area contributed by atoms with Crippen LogP contribution in [0.25, 0.3) is 11.4 Å². The molecule has 6 heteroatoms. The largest absolute Gasteiger partial charge is 0.477 e. The second kappa shape index (κ2) is 6.51. The van der Waals surface area contributed by atoms with Gasteiger partial charge in [0.05, 0.1) is 0 Å². The number of aromatic carboxylic acids is 1. The SMILES string of the molecule is O=C(O)c1cc(N2CCCCCC2)nc(-c2ccncc2)n1. The molecule has 0 atom stereocenters. The van der Waals surface area contributed by atoms with E-state index in [9.17, 15) is 9.90 Å². The molecule has 0 amide bonds. The molecular weight excluding hydrogens is 280 g/mol. The fourth-order valence-electron chi connectivity index (χ4n) is 2.64. The van der Waals surface area contributed by atoms with E-state index in [2.05, 4.69) is 19.9 Å². The highest BCUT2D eigenvalue weighted by molar-refractivity contribution is 5.87. The number of hydrogen-bond donors (Lipinski definition) is 1. The first-order valence-electron chi connectivity index (χ1n) is 7.52. The summed E-state index contributed by atoms with van der Waals surface area (Å²) in [6, 6.07) is 5.14. The van der Waals surface area contributed by atoms with Crippen molar-refractivity contribution in [2.45, 2.75) is 25.7 Å². The molecule has 0 bridgehead atoms. The zero-order chi connectivity index (χ0) is 15.4. The second-order valence-electron chi connectivity index (χ2n) is 5.38. The third kappa shape index (κ3) is 3.21.